The van der Waals surface area contributed by atoms with Gasteiger partial charge in [-0.15, -0.1) is 0 Å². The number of hydrogen-bond donors (Lipinski definition) is 0. The molecule has 3 saturated heterocycles. The van der Waals surface area contributed by atoms with Crippen LogP contribution in [0.15, 0.2) is 0 Å². The Hall–Kier alpha value is -1.67. The van der Waals surface area contributed by atoms with Gasteiger partial charge in [0, 0.05) is 11.8 Å². The molecule has 0 radical (unpaired) electrons. The van der Waals surface area contributed by atoms with Crippen LogP contribution in [-0.2, 0) is 33.3 Å². The van der Waals surface area contributed by atoms with Gasteiger partial charge in [-0.1, -0.05) is 0 Å². The molecule has 126 valence electrons. The minimum absolute atomic E-state index is 0.0791. The number of ether oxygens (including phenoxy) is 4. The molecule has 4 rings (SSSR count). The lowest BCUT2D eigenvalue weighted by atomic mass is 9.52. The van der Waals surface area contributed by atoms with Crippen LogP contribution in [0, 0.1) is 11.8 Å². The van der Waals surface area contributed by atoms with E-state index in [9.17, 15) is 14.4 Å². The Balaban J connectivity index is 1.79. The van der Waals surface area contributed by atoms with Crippen molar-refractivity contribution in [2.24, 2.45) is 11.8 Å². The first kappa shape index (κ1) is 14.9. The monoisotopic (exact) mass is 325 g/mol. The van der Waals surface area contributed by atoms with Crippen LogP contribution in [0.1, 0.15) is 12.8 Å². The first-order valence-corrected chi connectivity index (χ1v) is 7.68. The molecule has 23 heavy (non-hydrogen) atoms. The van der Waals surface area contributed by atoms with E-state index >= 15 is 0 Å². The van der Waals surface area contributed by atoms with Gasteiger partial charge in [0.2, 0.25) is 0 Å². The average molecular weight is 325 g/mol. The van der Waals surface area contributed by atoms with Crippen molar-refractivity contribution in [3.05, 3.63) is 0 Å². The summed E-state index contributed by atoms with van der Waals surface area (Å²) in [6.45, 7) is -0.146. The summed E-state index contributed by atoms with van der Waals surface area (Å²) in [6, 6.07) is 0. The lowest BCUT2D eigenvalue weighted by molar-refractivity contribution is -0.162. The predicted octanol–water partition coefficient (Wildman–Crippen LogP) is -0.894. The number of hydrogen-bond acceptors (Lipinski definition) is 8. The number of carbonyl (C=O) groups excluding carboxylic acids is 3. The zero-order valence-corrected chi connectivity index (χ0v) is 13.2. The van der Waals surface area contributed by atoms with Gasteiger partial charge >= 0.3 is 17.9 Å². The highest BCUT2D eigenvalue weighted by atomic mass is 16.6. The van der Waals surface area contributed by atoms with Crippen molar-refractivity contribution in [1.82, 2.24) is 4.90 Å². The minimum atomic E-state index is -1.16. The fourth-order valence-corrected chi connectivity index (χ4v) is 5.52. The Bertz CT molecular complexity index is 565. The summed E-state index contributed by atoms with van der Waals surface area (Å²) >= 11 is 0. The molecule has 0 amide bonds. The Morgan fingerprint density at radius 3 is 1.83 bits per heavy atom. The molecule has 1 aliphatic carbocycles. The molecule has 4 aliphatic rings. The van der Waals surface area contributed by atoms with Crippen molar-refractivity contribution in [2.75, 3.05) is 27.9 Å². The molecule has 8 nitrogen and oxygen atoms in total. The molecule has 0 N–H and O–H groups in total. The molecule has 6 atom stereocenters. The first-order valence-electron chi connectivity index (χ1n) is 7.68. The van der Waals surface area contributed by atoms with Gasteiger partial charge in [0.25, 0.3) is 0 Å². The van der Waals surface area contributed by atoms with E-state index in [1.54, 1.807) is 4.90 Å². The molecule has 6 unspecified atom stereocenters. The summed E-state index contributed by atoms with van der Waals surface area (Å²) in [7, 11) is 3.85. The van der Waals surface area contributed by atoms with Crippen LogP contribution in [0.4, 0.5) is 0 Å². The molecular formula is C15H19NO7. The van der Waals surface area contributed by atoms with Crippen molar-refractivity contribution in [1.29, 1.82) is 0 Å². The summed E-state index contributed by atoms with van der Waals surface area (Å²) in [5, 5.41) is 0. The molecule has 3 aliphatic heterocycles. The van der Waals surface area contributed by atoms with Crippen molar-refractivity contribution < 1.29 is 33.3 Å². The average Bonchev–Trinajstić information content (AvgIpc) is 2.91. The standard InChI is InChI=1S/C15H19NO7/c1-20-9(17)6-16-14(12(18)21-2)10-7-4-5-8(23-7)11(10)15(14,16)13(19)22-3/h7-8,10-11H,4-6H2,1-3H3. The van der Waals surface area contributed by atoms with E-state index < -0.39 is 29.0 Å². The van der Waals surface area contributed by atoms with E-state index in [1.165, 1.54) is 21.3 Å². The molecule has 0 spiro atoms. The summed E-state index contributed by atoms with van der Waals surface area (Å²) in [4.78, 5) is 38.6. The highest BCUT2D eigenvalue weighted by Crippen LogP contribution is 2.79. The molecule has 2 bridgehead atoms. The van der Waals surface area contributed by atoms with Gasteiger partial charge < -0.3 is 18.9 Å². The van der Waals surface area contributed by atoms with Crippen LogP contribution in [0.5, 0.6) is 0 Å². The Kier molecular flexibility index (Phi) is 2.88. The van der Waals surface area contributed by atoms with E-state index in [0.717, 1.165) is 12.8 Å². The zero-order valence-electron chi connectivity index (χ0n) is 13.2. The number of nitrogens with zero attached hydrogens (tertiary/aromatic N) is 1. The lowest BCUT2D eigenvalue weighted by Gasteiger charge is -2.45. The van der Waals surface area contributed by atoms with Crippen LogP contribution in [0.2, 0.25) is 0 Å². The number of esters is 3. The Morgan fingerprint density at radius 2 is 1.43 bits per heavy atom. The van der Waals surface area contributed by atoms with E-state index in [1.807, 2.05) is 0 Å². The second kappa shape index (κ2) is 4.45. The van der Waals surface area contributed by atoms with E-state index in [-0.39, 0.29) is 30.6 Å². The van der Waals surface area contributed by atoms with E-state index in [4.69, 9.17) is 18.9 Å². The molecule has 1 saturated carbocycles. The first-order chi connectivity index (χ1) is 11.0. The fraction of sp³-hybridized carbons (Fsp3) is 0.800. The van der Waals surface area contributed by atoms with Crippen molar-refractivity contribution in [3.63, 3.8) is 0 Å². The highest BCUT2D eigenvalue weighted by molar-refractivity contribution is 6.06. The van der Waals surface area contributed by atoms with Gasteiger partial charge in [-0.3, -0.25) is 9.69 Å². The van der Waals surface area contributed by atoms with Crippen LogP contribution < -0.4 is 0 Å². The Morgan fingerprint density at radius 1 is 0.957 bits per heavy atom. The predicted molar refractivity (Wildman–Crippen MR) is 73.1 cm³/mol. The van der Waals surface area contributed by atoms with Crippen molar-refractivity contribution in [3.8, 4) is 0 Å². The third-order valence-corrected chi connectivity index (χ3v) is 6.13. The van der Waals surface area contributed by atoms with Gasteiger partial charge in [0.15, 0.2) is 11.1 Å². The number of likely N-dealkylation sites (tertiary alicyclic amines) is 1. The van der Waals surface area contributed by atoms with Gasteiger partial charge in [-0.05, 0) is 12.8 Å². The quantitative estimate of drug-likeness (QED) is 0.373. The maximum atomic E-state index is 12.6. The summed E-state index contributed by atoms with van der Waals surface area (Å²) in [5.41, 5.74) is -2.32. The maximum absolute atomic E-state index is 12.6. The lowest BCUT2D eigenvalue weighted by Crippen LogP contribution is -2.66. The summed E-state index contributed by atoms with van der Waals surface area (Å²) < 4.78 is 20.6. The molecule has 0 aromatic carbocycles. The third-order valence-electron chi connectivity index (χ3n) is 6.13. The van der Waals surface area contributed by atoms with Crippen LogP contribution in [-0.4, -0.2) is 74.0 Å². The smallest absolute Gasteiger partial charge is 0.329 e. The zero-order chi connectivity index (χ0) is 16.6. The van der Waals surface area contributed by atoms with Crippen LogP contribution >= 0.6 is 0 Å². The summed E-state index contributed by atoms with van der Waals surface area (Å²) in [5.74, 6) is -1.80. The molecular weight excluding hydrogens is 306 g/mol. The van der Waals surface area contributed by atoms with E-state index in [0.29, 0.717) is 0 Å². The minimum Gasteiger partial charge on any atom is -0.468 e. The largest absolute Gasteiger partial charge is 0.468 e. The number of methoxy groups -OCH3 is 3. The SMILES string of the molecule is COC(=O)CN1C2(C(=O)OC)C3C4CCC(O4)C3C12C(=O)OC. The van der Waals surface area contributed by atoms with Gasteiger partial charge in [0.05, 0.1) is 40.1 Å². The fourth-order valence-electron chi connectivity index (χ4n) is 5.52. The van der Waals surface area contributed by atoms with Gasteiger partial charge in [0.1, 0.15) is 0 Å². The second-order valence-corrected chi connectivity index (χ2v) is 6.52. The molecule has 4 fully saturated rings. The van der Waals surface area contributed by atoms with Crippen molar-refractivity contribution in [2.45, 2.75) is 36.1 Å². The number of carbonyl (C=O) groups is 3. The second-order valence-electron chi connectivity index (χ2n) is 6.52. The maximum Gasteiger partial charge on any atom is 0.329 e. The highest BCUT2D eigenvalue weighted by Gasteiger charge is 3.01. The van der Waals surface area contributed by atoms with Crippen molar-refractivity contribution >= 4 is 17.9 Å². The van der Waals surface area contributed by atoms with Gasteiger partial charge in [-0.2, -0.15) is 0 Å². The molecule has 3 heterocycles. The molecule has 0 aromatic rings. The molecule has 8 heteroatoms. The summed E-state index contributed by atoms with van der Waals surface area (Å²) in [6.07, 6.45) is 1.55. The molecule has 0 aromatic heterocycles. The normalized spacial score (nSPS) is 47.9. The number of fused-ring (bicyclic) bond motifs is 8. The van der Waals surface area contributed by atoms with Crippen LogP contribution in [0.25, 0.3) is 0 Å². The number of rotatable bonds is 4. The van der Waals surface area contributed by atoms with Gasteiger partial charge in [-0.25, -0.2) is 9.59 Å². The third kappa shape index (κ3) is 1.31. The van der Waals surface area contributed by atoms with E-state index in [2.05, 4.69) is 0 Å². The Labute approximate surface area is 133 Å². The topological polar surface area (TPSA) is 91.1 Å². The van der Waals surface area contributed by atoms with Crippen LogP contribution in [0.3, 0.4) is 0 Å².